The van der Waals surface area contributed by atoms with E-state index in [4.69, 9.17) is 9.72 Å². The lowest BCUT2D eigenvalue weighted by atomic mass is 10.1. The van der Waals surface area contributed by atoms with Crippen molar-refractivity contribution < 1.29 is 9.53 Å². The lowest BCUT2D eigenvalue weighted by Gasteiger charge is -2.39. The minimum atomic E-state index is -0.618. The Morgan fingerprint density at radius 1 is 0.932 bits per heavy atom. The van der Waals surface area contributed by atoms with Gasteiger partial charge in [0.25, 0.3) is 5.56 Å². The minimum absolute atomic E-state index is 0.183. The van der Waals surface area contributed by atoms with E-state index in [1.54, 1.807) is 22.7 Å². The Morgan fingerprint density at radius 3 is 2.36 bits per heavy atom. The smallest absolute Gasteiger partial charge is 0.414 e. The third-order valence-electron chi connectivity index (χ3n) is 8.15. The number of ether oxygens (including phenoxy) is 1. The fourth-order valence-electron chi connectivity index (χ4n) is 5.83. The number of pyridine rings is 1. The molecule has 4 aromatic rings. The summed E-state index contributed by atoms with van der Waals surface area (Å²) in [6, 6.07) is 15.9. The maximum atomic E-state index is 13.8. The highest BCUT2D eigenvalue weighted by Crippen LogP contribution is 2.40. The van der Waals surface area contributed by atoms with Crippen molar-refractivity contribution in [1.82, 2.24) is 19.4 Å². The first-order valence-electron chi connectivity index (χ1n) is 15.0. The van der Waals surface area contributed by atoms with Crippen LogP contribution in [0.5, 0.6) is 0 Å². The van der Waals surface area contributed by atoms with Crippen LogP contribution >= 0.6 is 0 Å². The Balaban J connectivity index is 1.27. The summed E-state index contributed by atoms with van der Waals surface area (Å²) >= 11 is 0. The van der Waals surface area contributed by atoms with Crippen LogP contribution in [0.1, 0.15) is 26.3 Å². The number of piperazine rings is 1. The number of amides is 1. The molecule has 230 valence electrons. The van der Waals surface area contributed by atoms with Crippen LogP contribution in [0.3, 0.4) is 0 Å². The van der Waals surface area contributed by atoms with E-state index in [-0.39, 0.29) is 5.56 Å². The fraction of sp³-hybridized carbons (Fsp3) is 0.394. The van der Waals surface area contributed by atoms with Gasteiger partial charge < -0.3 is 24.8 Å². The summed E-state index contributed by atoms with van der Waals surface area (Å²) in [6.07, 6.45) is 1.34. The second-order valence-corrected chi connectivity index (χ2v) is 12.6. The van der Waals surface area contributed by atoms with E-state index in [1.807, 2.05) is 69.0 Å². The average molecular weight is 597 g/mol. The molecule has 2 aromatic carbocycles. The van der Waals surface area contributed by atoms with Crippen LogP contribution in [-0.4, -0.2) is 77.4 Å². The third-order valence-corrected chi connectivity index (χ3v) is 8.15. The number of carbonyl (C=O) groups is 1. The molecule has 2 aliphatic rings. The average Bonchev–Trinajstić information content (AvgIpc) is 2.99. The molecule has 0 bridgehead atoms. The number of rotatable bonds is 4. The maximum absolute atomic E-state index is 13.8. The predicted octanol–water partition coefficient (Wildman–Crippen LogP) is 5.03. The monoisotopic (exact) mass is 596 g/mol. The summed E-state index contributed by atoms with van der Waals surface area (Å²) in [4.78, 5) is 44.5. The number of para-hydroxylation sites is 1. The summed E-state index contributed by atoms with van der Waals surface area (Å²) in [6.45, 7) is 12.5. The second kappa shape index (κ2) is 11.5. The first-order chi connectivity index (χ1) is 21.0. The molecule has 11 heteroatoms. The van der Waals surface area contributed by atoms with Gasteiger partial charge in [0.1, 0.15) is 16.9 Å². The molecule has 2 aromatic heterocycles. The number of aromatic nitrogens is 3. The quantitative estimate of drug-likeness (QED) is 0.348. The molecule has 0 atom stereocenters. The Morgan fingerprint density at radius 2 is 1.66 bits per heavy atom. The Kier molecular flexibility index (Phi) is 7.66. The minimum Gasteiger partial charge on any atom is -0.443 e. The fourth-order valence-corrected chi connectivity index (χ4v) is 5.83. The number of likely N-dealkylation sites (N-methyl/N-ethyl adjacent to an activating group) is 1. The summed E-state index contributed by atoms with van der Waals surface area (Å²) in [7, 11) is 3.88. The molecule has 11 nitrogen and oxygen atoms in total. The number of benzene rings is 2. The molecule has 0 spiro atoms. The number of carbonyl (C=O) groups excluding carboxylic acids is 1. The molecular weight excluding hydrogens is 556 g/mol. The lowest BCUT2D eigenvalue weighted by Crippen LogP contribution is -2.46. The molecule has 2 aliphatic heterocycles. The molecule has 1 N–H and O–H groups in total. The molecule has 0 saturated carbocycles. The molecular formula is C33H40N8O3. The van der Waals surface area contributed by atoms with Gasteiger partial charge in [0, 0.05) is 69.3 Å². The van der Waals surface area contributed by atoms with Gasteiger partial charge in [0.15, 0.2) is 0 Å². The van der Waals surface area contributed by atoms with E-state index >= 15 is 0 Å². The molecule has 4 heterocycles. The second-order valence-electron chi connectivity index (χ2n) is 12.6. The van der Waals surface area contributed by atoms with Crippen LogP contribution in [0.4, 0.5) is 39.2 Å². The van der Waals surface area contributed by atoms with Crippen molar-refractivity contribution in [3.05, 3.63) is 70.6 Å². The van der Waals surface area contributed by atoms with Gasteiger partial charge in [0.2, 0.25) is 5.95 Å². The number of aryl methyl sites for hydroxylation is 2. The number of nitrogens with one attached hydrogen (secondary N) is 1. The van der Waals surface area contributed by atoms with Gasteiger partial charge in [-0.15, -0.1) is 0 Å². The van der Waals surface area contributed by atoms with E-state index in [1.165, 1.54) is 5.69 Å². The van der Waals surface area contributed by atoms with Crippen LogP contribution in [0.25, 0.3) is 11.0 Å². The van der Waals surface area contributed by atoms with Gasteiger partial charge in [-0.2, -0.15) is 4.98 Å². The standard InChI is InChI=1S/C33H40N8O3/c1-22-8-7-9-26-28(22)41(32(43)44-33(2,3)4)19-18-40(26)27-20-23-21-34-31(36-29(23)38(6)30(27)42)35-24-10-12-25(13-11-24)39-16-14-37(5)15-17-39/h7-13,20-21H,14-19H2,1-6H3,(H,34,35,36). The third kappa shape index (κ3) is 5.79. The Bertz CT molecular complexity index is 1750. The molecule has 1 fully saturated rings. The summed E-state index contributed by atoms with van der Waals surface area (Å²) in [5.74, 6) is 0.416. The number of nitrogens with zero attached hydrogens (tertiary/aromatic N) is 7. The number of fused-ring (bicyclic) bond motifs is 2. The van der Waals surface area contributed by atoms with Gasteiger partial charge in [-0.3, -0.25) is 14.3 Å². The summed E-state index contributed by atoms with van der Waals surface area (Å²) in [5, 5.41) is 4.02. The van der Waals surface area contributed by atoms with Gasteiger partial charge in [-0.05, 0) is 76.7 Å². The van der Waals surface area contributed by atoms with E-state index in [2.05, 4.69) is 39.3 Å². The van der Waals surface area contributed by atoms with Crippen LogP contribution in [0.2, 0.25) is 0 Å². The predicted molar refractivity (Wildman–Crippen MR) is 176 cm³/mol. The molecule has 0 unspecified atom stereocenters. The highest BCUT2D eigenvalue weighted by molar-refractivity contribution is 5.97. The first-order valence-corrected chi connectivity index (χ1v) is 15.0. The van der Waals surface area contributed by atoms with E-state index in [0.717, 1.165) is 54.2 Å². The zero-order valence-electron chi connectivity index (χ0n) is 26.3. The van der Waals surface area contributed by atoms with E-state index in [0.29, 0.717) is 30.4 Å². The molecule has 0 aliphatic carbocycles. The normalized spacial score (nSPS) is 15.8. The van der Waals surface area contributed by atoms with Crippen molar-refractivity contribution in [2.75, 3.05) is 66.3 Å². The topological polar surface area (TPSA) is 99.1 Å². The van der Waals surface area contributed by atoms with Crippen molar-refractivity contribution in [3.8, 4) is 0 Å². The molecule has 0 radical (unpaired) electrons. The maximum Gasteiger partial charge on any atom is 0.414 e. The summed E-state index contributed by atoms with van der Waals surface area (Å²) in [5.41, 5.74) is 4.74. The first kappa shape index (κ1) is 29.4. The van der Waals surface area contributed by atoms with Gasteiger partial charge in [-0.25, -0.2) is 9.78 Å². The Labute approximate surface area is 257 Å². The zero-order chi connectivity index (χ0) is 31.2. The lowest BCUT2D eigenvalue weighted by molar-refractivity contribution is 0.0580. The van der Waals surface area contributed by atoms with Gasteiger partial charge >= 0.3 is 6.09 Å². The van der Waals surface area contributed by atoms with Crippen molar-refractivity contribution in [3.63, 3.8) is 0 Å². The molecule has 44 heavy (non-hydrogen) atoms. The van der Waals surface area contributed by atoms with Gasteiger partial charge in [0.05, 0.1) is 11.4 Å². The van der Waals surface area contributed by atoms with Crippen molar-refractivity contribution >= 4 is 51.5 Å². The van der Waals surface area contributed by atoms with Crippen molar-refractivity contribution in [1.29, 1.82) is 0 Å². The highest BCUT2D eigenvalue weighted by Gasteiger charge is 2.33. The van der Waals surface area contributed by atoms with Crippen molar-refractivity contribution in [2.24, 2.45) is 7.05 Å². The largest absolute Gasteiger partial charge is 0.443 e. The van der Waals surface area contributed by atoms with E-state index in [9.17, 15) is 9.59 Å². The number of hydrogen-bond donors (Lipinski definition) is 1. The van der Waals surface area contributed by atoms with Crippen molar-refractivity contribution in [2.45, 2.75) is 33.3 Å². The van der Waals surface area contributed by atoms with Crippen LogP contribution in [0.15, 0.2) is 59.5 Å². The molecule has 1 amide bonds. The number of hydrogen-bond acceptors (Lipinski definition) is 9. The highest BCUT2D eigenvalue weighted by atomic mass is 16.6. The van der Waals surface area contributed by atoms with Crippen LogP contribution < -0.4 is 25.6 Å². The number of anilines is 6. The molecule has 6 rings (SSSR count). The van der Waals surface area contributed by atoms with Crippen LogP contribution in [0, 0.1) is 6.92 Å². The SMILES string of the molecule is Cc1cccc2c1N(C(=O)OC(C)(C)C)CCN2c1cc2cnc(Nc3ccc(N4CCN(C)CC4)cc3)nc2n(C)c1=O. The molecule has 1 saturated heterocycles. The van der Waals surface area contributed by atoms with E-state index < -0.39 is 11.7 Å². The van der Waals surface area contributed by atoms with Crippen LogP contribution in [-0.2, 0) is 11.8 Å². The van der Waals surface area contributed by atoms with Gasteiger partial charge in [-0.1, -0.05) is 12.1 Å². The Hall–Kier alpha value is -4.64. The summed E-state index contributed by atoms with van der Waals surface area (Å²) < 4.78 is 7.26. The zero-order valence-corrected chi connectivity index (χ0v) is 26.3.